The first-order valence-electron chi connectivity index (χ1n) is 10.5. The number of ether oxygens (including phenoxy) is 2. The van der Waals surface area contributed by atoms with Crippen LogP contribution in [0.3, 0.4) is 0 Å². The first kappa shape index (κ1) is 24.9. The Morgan fingerprint density at radius 2 is 2.11 bits per heavy atom. The molecule has 0 amide bonds. The second-order valence-electron chi connectivity index (χ2n) is 8.92. The quantitative estimate of drug-likeness (QED) is 0.448. The Kier molecular flexibility index (Phi) is 9.88. The molecule has 1 rings (SSSR count). The lowest BCUT2D eigenvalue weighted by Crippen LogP contribution is -2.44. The van der Waals surface area contributed by atoms with Gasteiger partial charge < -0.3 is 19.7 Å². The van der Waals surface area contributed by atoms with Crippen molar-refractivity contribution in [2.45, 2.75) is 97.4 Å². The maximum atomic E-state index is 11.6. The molecule has 1 aliphatic rings. The Hall–Kier alpha value is -1.17. The molecule has 0 bridgehead atoms. The van der Waals surface area contributed by atoms with Crippen LogP contribution in [0.25, 0.3) is 0 Å². The first-order chi connectivity index (χ1) is 13.0. The molecular weight excluding hydrogens is 356 g/mol. The molecule has 1 aliphatic heterocycles. The average molecular weight is 397 g/mol. The molecule has 0 aliphatic carbocycles. The molecule has 1 fully saturated rings. The van der Waals surface area contributed by atoms with E-state index >= 15 is 0 Å². The number of hydrogen-bond donors (Lipinski definition) is 2. The van der Waals surface area contributed by atoms with Gasteiger partial charge in [-0.3, -0.25) is 4.79 Å². The standard InChI is InChI=1S/C23H40O5/c1-17(2)11-14-22(5,26)18(3)8-7-13-23(6)21(28-19(4)25)10-9-20(12-15-24)16-27-23/h11-12,18,21,24,26H,7-10,13-16H2,1-6H3/b20-12+/t18?,21-,22?,23+/m1/s1. The highest BCUT2D eigenvalue weighted by Gasteiger charge is 2.40. The number of aliphatic hydroxyl groups is 2. The van der Waals surface area contributed by atoms with E-state index in [9.17, 15) is 9.90 Å². The molecule has 5 nitrogen and oxygen atoms in total. The number of allylic oxidation sites excluding steroid dienone is 1. The Balaban J connectivity index is 2.74. The second kappa shape index (κ2) is 11.1. The summed E-state index contributed by atoms with van der Waals surface area (Å²) < 4.78 is 11.8. The van der Waals surface area contributed by atoms with Crippen molar-refractivity contribution in [3.8, 4) is 0 Å². The summed E-state index contributed by atoms with van der Waals surface area (Å²) in [5.41, 5.74) is 0.945. The fourth-order valence-electron chi connectivity index (χ4n) is 3.63. The van der Waals surface area contributed by atoms with Gasteiger partial charge in [-0.25, -0.2) is 0 Å². The van der Waals surface area contributed by atoms with E-state index in [1.165, 1.54) is 12.5 Å². The minimum atomic E-state index is -0.741. The smallest absolute Gasteiger partial charge is 0.303 e. The minimum Gasteiger partial charge on any atom is -0.459 e. The van der Waals surface area contributed by atoms with Crippen molar-refractivity contribution in [3.63, 3.8) is 0 Å². The van der Waals surface area contributed by atoms with E-state index in [0.717, 1.165) is 31.3 Å². The largest absolute Gasteiger partial charge is 0.459 e. The fraction of sp³-hybridized carbons (Fsp3) is 0.783. The summed E-state index contributed by atoms with van der Waals surface area (Å²) in [6.07, 6.45) is 8.13. The second-order valence-corrected chi connectivity index (χ2v) is 8.92. The molecule has 0 aromatic heterocycles. The number of hydrogen-bond acceptors (Lipinski definition) is 5. The summed E-state index contributed by atoms with van der Waals surface area (Å²) in [6, 6.07) is 0. The van der Waals surface area contributed by atoms with E-state index < -0.39 is 11.2 Å². The summed E-state index contributed by atoms with van der Waals surface area (Å²) >= 11 is 0. The summed E-state index contributed by atoms with van der Waals surface area (Å²) in [6.45, 7) is 11.9. The van der Waals surface area contributed by atoms with E-state index in [1.54, 1.807) is 6.08 Å². The van der Waals surface area contributed by atoms with E-state index in [4.69, 9.17) is 14.6 Å². The van der Waals surface area contributed by atoms with Crippen LogP contribution in [0.15, 0.2) is 23.3 Å². The number of aliphatic hydroxyl groups excluding tert-OH is 1. The molecule has 28 heavy (non-hydrogen) atoms. The van der Waals surface area contributed by atoms with Gasteiger partial charge in [0.1, 0.15) is 11.7 Å². The minimum absolute atomic E-state index is 0.00802. The van der Waals surface area contributed by atoms with Crippen molar-refractivity contribution in [2.24, 2.45) is 5.92 Å². The molecule has 0 aromatic rings. The zero-order chi connectivity index (χ0) is 21.4. The van der Waals surface area contributed by atoms with Gasteiger partial charge in [0, 0.05) is 6.92 Å². The highest BCUT2D eigenvalue weighted by molar-refractivity contribution is 5.66. The van der Waals surface area contributed by atoms with E-state index in [1.807, 2.05) is 27.7 Å². The Labute approximate surface area is 170 Å². The van der Waals surface area contributed by atoms with E-state index in [0.29, 0.717) is 19.4 Å². The van der Waals surface area contributed by atoms with Crippen LogP contribution in [0.2, 0.25) is 0 Å². The van der Waals surface area contributed by atoms with Crippen molar-refractivity contribution < 1.29 is 24.5 Å². The maximum absolute atomic E-state index is 11.6. The van der Waals surface area contributed by atoms with Gasteiger partial charge in [-0.15, -0.1) is 0 Å². The Morgan fingerprint density at radius 3 is 2.68 bits per heavy atom. The predicted molar refractivity (Wildman–Crippen MR) is 112 cm³/mol. The third-order valence-corrected chi connectivity index (χ3v) is 5.98. The van der Waals surface area contributed by atoms with Crippen LogP contribution < -0.4 is 0 Å². The Bertz CT molecular complexity index is 559. The van der Waals surface area contributed by atoms with Crippen LogP contribution >= 0.6 is 0 Å². The zero-order valence-electron chi connectivity index (χ0n) is 18.6. The van der Waals surface area contributed by atoms with Crippen molar-refractivity contribution in [1.29, 1.82) is 0 Å². The molecule has 0 radical (unpaired) electrons. The predicted octanol–water partition coefficient (Wildman–Crippen LogP) is 4.32. The van der Waals surface area contributed by atoms with Gasteiger partial charge in [-0.2, -0.15) is 0 Å². The maximum Gasteiger partial charge on any atom is 0.303 e. The van der Waals surface area contributed by atoms with Crippen molar-refractivity contribution >= 4 is 5.97 Å². The van der Waals surface area contributed by atoms with Gasteiger partial charge in [0.25, 0.3) is 0 Å². The number of esters is 1. The lowest BCUT2D eigenvalue weighted by Gasteiger charge is -2.36. The molecule has 4 atom stereocenters. The molecule has 5 heteroatoms. The van der Waals surface area contributed by atoms with Crippen LogP contribution in [0.5, 0.6) is 0 Å². The summed E-state index contributed by atoms with van der Waals surface area (Å²) in [4.78, 5) is 11.6. The summed E-state index contributed by atoms with van der Waals surface area (Å²) in [7, 11) is 0. The first-order valence-corrected chi connectivity index (χ1v) is 10.5. The lowest BCUT2D eigenvalue weighted by atomic mass is 9.81. The SMILES string of the molecule is CC(=O)O[C@@H]1CC/C(=C\CO)CO[C@@]1(C)CCCC(C)C(C)(O)CC=C(C)C. The molecule has 2 N–H and O–H groups in total. The van der Waals surface area contributed by atoms with Crippen LogP contribution in [0, 0.1) is 5.92 Å². The lowest BCUT2D eigenvalue weighted by molar-refractivity contribution is -0.168. The van der Waals surface area contributed by atoms with Crippen LogP contribution in [-0.2, 0) is 14.3 Å². The fourth-order valence-corrected chi connectivity index (χ4v) is 3.63. The van der Waals surface area contributed by atoms with Crippen molar-refractivity contribution in [2.75, 3.05) is 13.2 Å². The van der Waals surface area contributed by atoms with Gasteiger partial charge in [0.15, 0.2) is 0 Å². The summed E-state index contributed by atoms with van der Waals surface area (Å²) in [5, 5.41) is 19.9. The third-order valence-electron chi connectivity index (χ3n) is 5.98. The number of carbonyl (C=O) groups excluding carboxylic acids is 1. The van der Waals surface area contributed by atoms with Gasteiger partial charge in [-0.1, -0.05) is 31.1 Å². The van der Waals surface area contributed by atoms with Gasteiger partial charge in [0.05, 0.1) is 18.8 Å². The molecule has 162 valence electrons. The average Bonchev–Trinajstić information content (AvgIpc) is 2.74. The molecular formula is C23H40O5. The third kappa shape index (κ3) is 8.06. The van der Waals surface area contributed by atoms with E-state index in [-0.39, 0.29) is 24.6 Å². The monoisotopic (exact) mass is 396 g/mol. The van der Waals surface area contributed by atoms with Gasteiger partial charge in [0.2, 0.25) is 0 Å². The highest BCUT2D eigenvalue weighted by atomic mass is 16.6. The Morgan fingerprint density at radius 1 is 1.43 bits per heavy atom. The molecule has 0 spiro atoms. The normalized spacial score (nSPS) is 27.6. The van der Waals surface area contributed by atoms with Crippen LogP contribution in [0.4, 0.5) is 0 Å². The molecule has 2 unspecified atom stereocenters. The highest BCUT2D eigenvalue weighted by Crippen LogP contribution is 2.35. The molecule has 0 aromatic carbocycles. The van der Waals surface area contributed by atoms with Crippen molar-refractivity contribution in [1.82, 2.24) is 0 Å². The summed E-state index contributed by atoms with van der Waals surface area (Å²) in [5.74, 6) is -0.151. The van der Waals surface area contributed by atoms with Crippen LogP contribution in [0.1, 0.15) is 80.1 Å². The van der Waals surface area contributed by atoms with Crippen LogP contribution in [-0.4, -0.2) is 46.7 Å². The number of carbonyl (C=O) groups is 1. The van der Waals surface area contributed by atoms with Gasteiger partial charge >= 0.3 is 5.97 Å². The zero-order valence-corrected chi connectivity index (χ0v) is 18.6. The molecule has 1 saturated heterocycles. The molecule has 1 heterocycles. The van der Waals surface area contributed by atoms with Crippen molar-refractivity contribution in [3.05, 3.63) is 23.3 Å². The number of rotatable bonds is 9. The molecule has 0 saturated carbocycles. The van der Waals surface area contributed by atoms with Gasteiger partial charge in [-0.05, 0) is 71.3 Å². The topological polar surface area (TPSA) is 76.0 Å². The van der Waals surface area contributed by atoms with E-state index in [2.05, 4.69) is 13.0 Å².